The number of halogens is 3. The van der Waals surface area contributed by atoms with Crippen molar-refractivity contribution in [1.82, 2.24) is 4.90 Å². The molecule has 0 unspecified atom stereocenters. The monoisotopic (exact) mass is 357 g/mol. The summed E-state index contributed by atoms with van der Waals surface area (Å²) in [4.78, 5) is 13.8. The molecule has 0 saturated heterocycles. The van der Waals surface area contributed by atoms with Crippen LogP contribution in [0.25, 0.3) is 0 Å². The SMILES string of the molecule is CC(C)(C)C1=CCN(C(=O)c2c(F)cc(Br)cc2F)CC1. The van der Waals surface area contributed by atoms with Crippen molar-refractivity contribution in [3.63, 3.8) is 0 Å². The van der Waals surface area contributed by atoms with Crippen molar-refractivity contribution in [2.24, 2.45) is 5.41 Å². The van der Waals surface area contributed by atoms with Crippen LogP contribution in [0.4, 0.5) is 8.78 Å². The average Bonchev–Trinajstić information content (AvgIpc) is 2.36. The highest BCUT2D eigenvalue weighted by Crippen LogP contribution is 2.31. The molecule has 0 atom stereocenters. The molecule has 21 heavy (non-hydrogen) atoms. The second kappa shape index (κ2) is 5.87. The van der Waals surface area contributed by atoms with Crippen molar-refractivity contribution in [3.8, 4) is 0 Å². The molecule has 0 aliphatic carbocycles. The third kappa shape index (κ3) is 3.51. The largest absolute Gasteiger partial charge is 0.334 e. The van der Waals surface area contributed by atoms with Gasteiger partial charge in [-0.1, -0.05) is 48.4 Å². The highest BCUT2D eigenvalue weighted by Gasteiger charge is 2.27. The van der Waals surface area contributed by atoms with E-state index in [2.05, 4.69) is 36.7 Å². The zero-order valence-corrected chi connectivity index (χ0v) is 13.9. The zero-order chi connectivity index (χ0) is 15.8. The van der Waals surface area contributed by atoms with E-state index in [-0.39, 0.29) is 9.89 Å². The molecule has 1 heterocycles. The van der Waals surface area contributed by atoms with Crippen LogP contribution >= 0.6 is 15.9 Å². The van der Waals surface area contributed by atoms with Crippen molar-refractivity contribution < 1.29 is 13.6 Å². The first kappa shape index (κ1) is 16.1. The normalized spacial score (nSPS) is 15.9. The molecule has 0 N–H and O–H groups in total. The summed E-state index contributed by atoms with van der Waals surface area (Å²) in [5.74, 6) is -2.27. The summed E-state index contributed by atoms with van der Waals surface area (Å²) in [6, 6.07) is 2.22. The maximum atomic E-state index is 13.8. The van der Waals surface area contributed by atoms with Gasteiger partial charge in [0.15, 0.2) is 0 Å². The van der Waals surface area contributed by atoms with Crippen LogP contribution in [0.5, 0.6) is 0 Å². The van der Waals surface area contributed by atoms with Crippen molar-refractivity contribution >= 4 is 21.8 Å². The minimum absolute atomic E-state index is 0.0588. The second-order valence-electron chi connectivity index (χ2n) is 6.22. The summed E-state index contributed by atoms with van der Waals surface area (Å²) in [6.07, 6.45) is 2.71. The van der Waals surface area contributed by atoms with Gasteiger partial charge in [0.05, 0.1) is 0 Å². The number of carbonyl (C=O) groups is 1. The summed E-state index contributed by atoms with van der Waals surface area (Å²) in [5, 5.41) is 0. The number of benzene rings is 1. The Kier molecular flexibility index (Phi) is 4.51. The van der Waals surface area contributed by atoms with Crippen molar-refractivity contribution in [3.05, 3.63) is 45.5 Å². The van der Waals surface area contributed by atoms with E-state index in [1.165, 1.54) is 10.5 Å². The first-order valence-corrected chi connectivity index (χ1v) is 7.63. The third-order valence-electron chi connectivity index (χ3n) is 3.68. The van der Waals surface area contributed by atoms with Crippen molar-refractivity contribution in [2.75, 3.05) is 13.1 Å². The molecular formula is C16H18BrF2NO. The lowest BCUT2D eigenvalue weighted by atomic mass is 9.83. The van der Waals surface area contributed by atoms with Gasteiger partial charge >= 0.3 is 0 Å². The average molecular weight is 358 g/mol. The molecule has 0 spiro atoms. The Morgan fingerprint density at radius 3 is 2.24 bits per heavy atom. The second-order valence-corrected chi connectivity index (χ2v) is 7.14. The van der Waals surface area contributed by atoms with Crippen molar-refractivity contribution in [2.45, 2.75) is 27.2 Å². The molecular weight excluding hydrogens is 340 g/mol. The van der Waals surface area contributed by atoms with Crippen LogP contribution in [0.3, 0.4) is 0 Å². The summed E-state index contributed by atoms with van der Waals surface area (Å²) in [6.45, 7) is 7.22. The van der Waals surface area contributed by atoms with Gasteiger partial charge in [0.25, 0.3) is 5.91 Å². The molecule has 1 aromatic rings. The predicted octanol–water partition coefficient (Wildman–Crippen LogP) is 4.55. The quantitative estimate of drug-likeness (QED) is 0.675. The van der Waals surface area contributed by atoms with Gasteiger partial charge in [0.2, 0.25) is 0 Å². The number of rotatable bonds is 1. The lowest BCUT2D eigenvalue weighted by molar-refractivity contribution is 0.0755. The molecule has 0 aromatic heterocycles. The molecule has 2 rings (SSSR count). The van der Waals surface area contributed by atoms with Crippen LogP contribution < -0.4 is 0 Å². The lowest BCUT2D eigenvalue weighted by Crippen LogP contribution is -2.37. The molecule has 0 bridgehead atoms. The Morgan fingerprint density at radius 2 is 1.81 bits per heavy atom. The Morgan fingerprint density at radius 1 is 1.24 bits per heavy atom. The molecule has 0 radical (unpaired) electrons. The molecule has 5 heteroatoms. The first-order chi connectivity index (χ1) is 9.70. The maximum absolute atomic E-state index is 13.8. The van der Waals surface area contributed by atoms with Crippen LogP contribution in [0.15, 0.2) is 28.3 Å². The summed E-state index contributed by atoms with van der Waals surface area (Å²) >= 11 is 3.01. The minimum atomic E-state index is -0.836. The fourth-order valence-corrected chi connectivity index (χ4v) is 2.84. The fraction of sp³-hybridized carbons (Fsp3) is 0.438. The van der Waals surface area contributed by atoms with Crippen LogP contribution in [-0.4, -0.2) is 23.9 Å². The highest BCUT2D eigenvalue weighted by atomic mass is 79.9. The number of carbonyl (C=O) groups excluding carboxylic acids is 1. The number of nitrogens with zero attached hydrogens (tertiary/aromatic N) is 1. The van der Waals surface area contributed by atoms with Crippen LogP contribution in [0.2, 0.25) is 0 Å². The van der Waals surface area contributed by atoms with Gasteiger partial charge in [-0.2, -0.15) is 0 Å². The molecule has 1 aliphatic heterocycles. The Hall–Kier alpha value is -1.23. The van der Waals surface area contributed by atoms with Gasteiger partial charge in [-0.05, 0) is 24.0 Å². The Bertz CT molecular complexity index is 582. The van der Waals surface area contributed by atoms with E-state index in [1.807, 2.05) is 6.08 Å². The molecule has 1 aromatic carbocycles. The Labute approximate surface area is 132 Å². The molecule has 1 amide bonds. The standard InChI is InChI=1S/C16H18BrF2NO/c1-16(2,3)10-4-6-20(7-5-10)15(21)14-12(18)8-11(17)9-13(14)19/h4,8-9H,5-7H2,1-3H3. The Balaban J connectivity index is 2.22. The van der Waals surface area contributed by atoms with E-state index >= 15 is 0 Å². The van der Waals surface area contributed by atoms with Gasteiger partial charge in [-0.25, -0.2) is 8.78 Å². The van der Waals surface area contributed by atoms with E-state index in [0.29, 0.717) is 13.1 Å². The zero-order valence-electron chi connectivity index (χ0n) is 12.3. The van der Waals surface area contributed by atoms with Gasteiger partial charge < -0.3 is 4.90 Å². The van der Waals surface area contributed by atoms with Gasteiger partial charge in [0, 0.05) is 17.6 Å². The van der Waals surface area contributed by atoms with Gasteiger partial charge in [-0.3, -0.25) is 4.79 Å². The molecule has 2 nitrogen and oxygen atoms in total. The van der Waals surface area contributed by atoms with Crippen molar-refractivity contribution in [1.29, 1.82) is 0 Å². The topological polar surface area (TPSA) is 20.3 Å². The lowest BCUT2D eigenvalue weighted by Gasteiger charge is -2.32. The number of hydrogen-bond donors (Lipinski definition) is 0. The summed E-state index contributed by atoms with van der Waals surface area (Å²) in [5.41, 5.74) is 0.845. The molecule has 1 aliphatic rings. The molecule has 114 valence electrons. The first-order valence-electron chi connectivity index (χ1n) is 6.83. The predicted molar refractivity (Wildman–Crippen MR) is 82.1 cm³/mol. The van der Waals surface area contributed by atoms with Gasteiger partial charge in [-0.15, -0.1) is 0 Å². The van der Waals surface area contributed by atoms with Gasteiger partial charge in [0.1, 0.15) is 17.2 Å². The van der Waals surface area contributed by atoms with E-state index < -0.39 is 23.1 Å². The molecule has 0 fully saturated rings. The van der Waals surface area contributed by atoms with Crippen LogP contribution in [0.1, 0.15) is 37.6 Å². The van der Waals surface area contributed by atoms with E-state index in [1.54, 1.807) is 0 Å². The van der Waals surface area contributed by atoms with Crippen LogP contribution in [0, 0.1) is 17.0 Å². The summed E-state index contributed by atoms with van der Waals surface area (Å²) < 4.78 is 28.0. The van der Waals surface area contributed by atoms with E-state index in [9.17, 15) is 13.6 Å². The number of amides is 1. The molecule has 0 saturated carbocycles. The van der Waals surface area contributed by atoms with E-state index in [4.69, 9.17) is 0 Å². The maximum Gasteiger partial charge on any atom is 0.260 e. The third-order valence-corrected chi connectivity index (χ3v) is 4.14. The smallest absolute Gasteiger partial charge is 0.260 e. The van der Waals surface area contributed by atoms with E-state index in [0.717, 1.165) is 18.6 Å². The fourth-order valence-electron chi connectivity index (χ4n) is 2.44. The summed E-state index contributed by atoms with van der Waals surface area (Å²) in [7, 11) is 0. The van der Waals surface area contributed by atoms with Crippen LogP contribution in [-0.2, 0) is 0 Å². The highest BCUT2D eigenvalue weighted by molar-refractivity contribution is 9.10. The number of hydrogen-bond acceptors (Lipinski definition) is 1. The minimum Gasteiger partial charge on any atom is -0.334 e.